The van der Waals surface area contributed by atoms with E-state index in [1.54, 1.807) is 31.4 Å². The normalized spacial score (nSPS) is 12.6. The summed E-state index contributed by atoms with van der Waals surface area (Å²) in [5, 5.41) is 4.11. The molecule has 102 valence electrons. The van der Waals surface area contributed by atoms with Crippen LogP contribution in [0.3, 0.4) is 0 Å². The van der Waals surface area contributed by atoms with Gasteiger partial charge < -0.3 is 10.6 Å². The summed E-state index contributed by atoms with van der Waals surface area (Å²) < 4.78 is 2.57. The van der Waals surface area contributed by atoms with Gasteiger partial charge in [-0.3, -0.25) is 9.20 Å². The minimum atomic E-state index is -0.322. The standard InChI is InChI=1S/C12H17N5O2/c1-9(7-13)15(2)11(18)8-17-12(19)16-6-4-3-5-10(16)14-17/h3-6,9H,7-8,13H2,1-2H3. The molecule has 7 nitrogen and oxygen atoms in total. The average Bonchev–Trinajstić information content (AvgIpc) is 2.74. The topological polar surface area (TPSA) is 85.6 Å². The van der Waals surface area contributed by atoms with Crippen molar-refractivity contribution in [2.45, 2.75) is 19.5 Å². The van der Waals surface area contributed by atoms with Crippen molar-refractivity contribution in [3.8, 4) is 0 Å². The minimum Gasteiger partial charge on any atom is -0.340 e. The highest BCUT2D eigenvalue weighted by Gasteiger charge is 2.17. The Morgan fingerprint density at radius 1 is 1.53 bits per heavy atom. The molecule has 1 unspecified atom stereocenters. The van der Waals surface area contributed by atoms with Crippen LogP contribution in [-0.2, 0) is 11.3 Å². The number of hydrogen-bond donors (Lipinski definition) is 1. The summed E-state index contributed by atoms with van der Waals surface area (Å²) in [6.45, 7) is 2.15. The van der Waals surface area contributed by atoms with E-state index in [1.165, 1.54) is 9.30 Å². The number of aromatic nitrogens is 3. The van der Waals surface area contributed by atoms with E-state index in [9.17, 15) is 9.59 Å². The fraction of sp³-hybridized carbons (Fsp3) is 0.417. The Morgan fingerprint density at radius 3 is 2.89 bits per heavy atom. The first-order valence-electron chi connectivity index (χ1n) is 6.04. The Bertz CT molecular complexity index is 645. The highest BCUT2D eigenvalue weighted by Crippen LogP contribution is 1.98. The third kappa shape index (κ3) is 2.50. The van der Waals surface area contributed by atoms with E-state index >= 15 is 0 Å². The van der Waals surface area contributed by atoms with Gasteiger partial charge in [0.05, 0.1) is 0 Å². The van der Waals surface area contributed by atoms with Crippen LogP contribution in [0, 0.1) is 0 Å². The average molecular weight is 263 g/mol. The van der Waals surface area contributed by atoms with Crippen molar-refractivity contribution >= 4 is 11.6 Å². The molecule has 0 aromatic carbocycles. The number of pyridine rings is 1. The summed E-state index contributed by atoms with van der Waals surface area (Å²) in [6, 6.07) is 5.18. The van der Waals surface area contributed by atoms with Crippen LogP contribution in [0.2, 0.25) is 0 Å². The number of hydrogen-bond acceptors (Lipinski definition) is 4. The van der Waals surface area contributed by atoms with E-state index in [1.807, 2.05) is 6.92 Å². The van der Waals surface area contributed by atoms with Crippen LogP contribution in [0.5, 0.6) is 0 Å². The number of nitrogens with two attached hydrogens (primary N) is 1. The molecule has 0 aliphatic carbocycles. The van der Waals surface area contributed by atoms with Gasteiger partial charge in [-0.1, -0.05) is 6.07 Å². The maximum atomic E-state index is 12.0. The number of rotatable bonds is 4. The molecule has 1 amide bonds. The van der Waals surface area contributed by atoms with Crippen LogP contribution in [0.25, 0.3) is 5.65 Å². The second-order valence-corrected chi connectivity index (χ2v) is 4.46. The van der Waals surface area contributed by atoms with Crippen LogP contribution in [0.4, 0.5) is 0 Å². The van der Waals surface area contributed by atoms with Gasteiger partial charge >= 0.3 is 5.69 Å². The summed E-state index contributed by atoms with van der Waals surface area (Å²) in [4.78, 5) is 25.5. The summed E-state index contributed by atoms with van der Waals surface area (Å²) in [6.07, 6.45) is 1.62. The van der Waals surface area contributed by atoms with Gasteiger partial charge in [0.2, 0.25) is 5.91 Å². The van der Waals surface area contributed by atoms with Crippen LogP contribution in [-0.4, -0.2) is 44.6 Å². The second kappa shape index (κ2) is 5.23. The van der Waals surface area contributed by atoms with Gasteiger partial charge in [0, 0.05) is 25.8 Å². The monoisotopic (exact) mass is 263 g/mol. The molecule has 2 rings (SSSR count). The molecule has 0 radical (unpaired) electrons. The predicted octanol–water partition coefficient (Wildman–Crippen LogP) is -0.698. The molecule has 0 saturated heterocycles. The molecule has 2 N–H and O–H groups in total. The van der Waals surface area contributed by atoms with Gasteiger partial charge in [-0.05, 0) is 19.1 Å². The quantitative estimate of drug-likeness (QED) is 0.790. The second-order valence-electron chi connectivity index (χ2n) is 4.46. The van der Waals surface area contributed by atoms with Crippen molar-refractivity contribution in [3.05, 3.63) is 34.9 Å². The number of carbonyl (C=O) groups excluding carboxylic acids is 1. The smallest absolute Gasteiger partial charge is 0.340 e. The van der Waals surface area contributed by atoms with Crippen molar-refractivity contribution < 1.29 is 4.79 Å². The maximum absolute atomic E-state index is 12.0. The van der Waals surface area contributed by atoms with Crippen LogP contribution in [0.15, 0.2) is 29.2 Å². The molecule has 0 fully saturated rings. The molecule has 7 heteroatoms. The van der Waals surface area contributed by atoms with E-state index in [2.05, 4.69) is 5.10 Å². The molecule has 0 bridgehead atoms. The van der Waals surface area contributed by atoms with Gasteiger partial charge in [0.25, 0.3) is 0 Å². The molecular formula is C12H17N5O2. The zero-order chi connectivity index (χ0) is 14.0. The highest BCUT2D eigenvalue weighted by molar-refractivity contribution is 5.76. The largest absolute Gasteiger partial charge is 0.350 e. The minimum absolute atomic E-state index is 0.0692. The highest BCUT2D eigenvalue weighted by atomic mass is 16.2. The van der Waals surface area contributed by atoms with Crippen molar-refractivity contribution in [2.24, 2.45) is 5.73 Å². The first-order chi connectivity index (χ1) is 9.04. The van der Waals surface area contributed by atoms with Gasteiger partial charge in [-0.2, -0.15) is 0 Å². The van der Waals surface area contributed by atoms with Crippen molar-refractivity contribution in [1.29, 1.82) is 0 Å². The van der Waals surface area contributed by atoms with Gasteiger partial charge in [0.1, 0.15) is 6.54 Å². The molecule has 2 aromatic heterocycles. The van der Waals surface area contributed by atoms with Gasteiger partial charge in [-0.15, -0.1) is 5.10 Å². The zero-order valence-corrected chi connectivity index (χ0v) is 11.0. The summed E-state index contributed by atoms with van der Waals surface area (Å²) >= 11 is 0. The lowest BCUT2D eigenvalue weighted by molar-refractivity contribution is -0.132. The van der Waals surface area contributed by atoms with Crippen LogP contribution >= 0.6 is 0 Å². The number of carbonyl (C=O) groups is 1. The van der Waals surface area contributed by atoms with Crippen molar-refractivity contribution in [3.63, 3.8) is 0 Å². The maximum Gasteiger partial charge on any atom is 0.350 e. The number of likely N-dealkylation sites (N-methyl/N-ethyl adjacent to an activating group) is 1. The third-order valence-electron chi connectivity index (χ3n) is 3.17. The summed E-state index contributed by atoms with van der Waals surface area (Å²) in [5.74, 6) is -0.191. The Kier molecular flexibility index (Phi) is 3.66. The summed E-state index contributed by atoms with van der Waals surface area (Å²) in [7, 11) is 1.67. The number of amides is 1. The fourth-order valence-corrected chi connectivity index (χ4v) is 1.71. The lowest BCUT2D eigenvalue weighted by Gasteiger charge is -2.23. The van der Waals surface area contributed by atoms with Gasteiger partial charge in [-0.25, -0.2) is 9.48 Å². The third-order valence-corrected chi connectivity index (χ3v) is 3.17. The molecule has 19 heavy (non-hydrogen) atoms. The Labute approximate surface area is 110 Å². The SMILES string of the molecule is CC(CN)N(C)C(=O)Cn1nc2ccccn2c1=O. The molecule has 2 heterocycles. The van der Waals surface area contributed by atoms with E-state index in [-0.39, 0.29) is 24.2 Å². The molecular weight excluding hydrogens is 246 g/mol. The first kappa shape index (κ1) is 13.3. The Balaban J connectivity index is 2.24. The lowest BCUT2D eigenvalue weighted by atomic mass is 10.3. The van der Waals surface area contributed by atoms with Gasteiger partial charge in [0.15, 0.2) is 5.65 Å². The van der Waals surface area contributed by atoms with Crippen LogP contribution < -0.4 is 11.4 Å². The Morgan fingerprint density at radius 2 is 2.26 bits per heavy atom. The number of fused-ring (bicyclic) bond motifs is 1. The van der Waals surface area contributed by atoms with Crippen molar-refractivity contribution in [1.82, 2.24) is 19.1 Å². The van der Waals surface area contributed by atoms with E-state index in [0.29, 0.717) is 12.2 Å². The number of nitrogens with zero attached hydrogens (tertiary/aromatic N) is 4. The fourth-order valence-electron chi connectivity index (χ4n) is 1.71. The summed E-state index contributed by atoms with van der Waals surface area (Å²) in [5.41, 5.74) is 5.71. The predicted molar refractivity (Wildman–Crippen MR) is 70.7 cm³/mol. The Hall–Kier alpha value is -2.15. The molecule has 0 aliphatic rings. The molecule has 1 atom stereocenters. The van der Waals surface area contributed by atoms with E-state index < -0.39 is 0 Å². The van der Waals surface area contributed by atoms with Crippen LogP contribution in [0.1, 0.15) is 6.92 Å². The van der Waals surface area contributed by atoms with E-state index in [0.717, 1.165) is 4.68 Å². The first-order valence-corrected chi connectivity index (χ1v) is 6.04. The zero-order valence-electron chi connectivity index (χ0n) is 11.0. The van der Waals surface area contributed by atoms with E-state index in [4.69, 9.17) is 5.73 Å². The van der Waals surface area contributed by atoms with Crippen molar-refractivity contribution in [2.75, 3.05) is 13.6 Å². The molecule has 0 spiro atoms. The molecule has 2 aromatic rings. The molecule has 0 saturated carbocycles. The molecule has 0 aliphatic heterocycles. The lowest BCUT2D eigenvalue weighted by Crippen LogP contribution is -2.42.